The molecule has 0 bridgehead atoms. The lowest BCUT2D eigenvalue weighted by Crippen LogP contribution is -2.36. The fourth-order valence-electron chi connectivity index (χ4n) is 4.50. The summed E-state index contributed by atoms with van der Waals surface area (Å²) in [6.07, 6.45) is 0.854. The minimum absolute atomic E-state index is 0.00468. The number of benzene rings is 3. The monoisotopic (exact) mass is 537 g/mol. The van der Waals surface area contributed by atoms with Gasteiger partial charge in [-0.05, 0) is 61.0 Å². The Bertz CT molecular complexity index is 1610. The molecular formula is C30H24ClN5O3. The van der Waals surface area contributed by atoms with Gasteiger partial charge in [-0.1, -0.05) is 48.0 Å². The minimum atomic E-state index is -0.539. The lowest BCUT2D eigenvalue weighted by atomic mass is 9.96. The number of nitriles is 1. The molecule has 2 heterocycles. The summed E-state index contributed by atoms with van der Waals surface area (Å²) in [4.78, 5) is 30.6. The van der Waals surface area contributed by atoms with Crippen molar-refractivity contribution in [3.8, 4) is 34.2 Å². The van der Waals surface area contributed by atoms with Gasteiger partial charge in [0.2, 0.25) is 0 Å². The third-order valence-corrected chi connectivity index (χ3v) is 6.82. The van der Waals surface area contributed by atoms with Gasteiger partial charge in [0, 0.05) is 29.3 Å². The predicted molar refractivity (Wildman–Crippen MR) is 150 cm³/mol. The number of carbonyl (C=O) groups is 2. The maximum Gasteiger partial charge on any atom is 0.258 e. The molecule has 1 aliphatic heterocycles. The standard InChI is InChI=1S/C30H24ClN5O3/c31-25-10-3-1-8-21(25)30(39)36-28-24(16-32)23(15-26(35-28)22-9-2-4-11-27(22)37)18-6-5-7-19(14-18)29(38)34-20-12-13-33-17-20/h1-11,14-15,20,33,37H,12-13,17H2,(H,34,38)(H,35,36,39). The van der Waals surface area contributed by atoms with Gasteiger partial charge in [-0.25, -0.2) is 4.98 Å². The van der Waals surface area contributed by atoms with Crippen LogP contribution < -0.4 is 16.0 Å². The topological polar surface area (TPSA) is 127 Å². The number of phenolic OH excluding ortho intramolecular Hbond substituents is 1. The number of pyridine rings is 1. The molecule has 5 rings (SSSR count). The Morgan fingerprint density at radius 1 is 1.00 bits per heavy atom. The van der Waals surface area contributed by atoms with Gasteiger partial charge in [0.25, 0.3) is 11.8 Å². The van der Waals surface area contributed by atoms with E-state index in [2.05, 4.69) is 27.0 Å². The van der Waals surface area contributed by atoms with E-state index < -0.39 is 5.91 Å². The number of hydrogen-bond donors (Lipinski definition) is 4. The summed E-state index contributed by atoms with van der Waals surface area (Å²) in [6, 6.07) is 24.0. The van der Waals surface area contributed by atoms with Crippen LogP contribution in [0.3, 0.4) is 0 Å². The Hall–Kier alpha value is -4.71. The zero-order valence-corrected chi connectivity index (χ0v) is 21.5. The van der Waals surface area contributed by atoms with Crippen molar-refractivity contribution >= 4 is 29.2 Å². The SMILES string of the molecule is N#Cc1c(-c2cccc(C(=O)NC3CCNC3)c2)cc(-c2ccccc2O)nc1NC(=O)c1ccccc1Cl. The van der Waals surface area contributed by atoms with E-state index in [-0.39, 0.29) is 39.7 Å². The third kappa shape index (κ3) is 5.60. The van der Waals surface area contributed by atoms with Gasteiger partial charge in [0.1, 0.15) is 17.4 Å². The molecule has 0 saturated carbocycles. The summed E-state index contributed by atoms with van der Waals surface area (Å²) in [5.41, 5.74) is 2.54. The first kappa shape index (κ1) is 25.9. The van der Waals surface area contributed by atoms with Gasteiger partial charge < -0.3 is 21.1 Å². The molecule has 194 valence electrons. The average Bonchev–Trinajstić information content (AvgIpc) is 3.46. The first-order valence-electron chi connectivity index (χ1n) is 12.4. The van der Waals surface area contributed by atoms with Crippen molar-refractivity contribution in [1.29, 1.82) is 5.26 Å². The largest absolute Gasteiger partial charge is 0.507 e. The molecule has 0 aliphatic carbocycles. The Labute approximate surface area is 230 Å². The fraction of sp³-hybridized carbons (Fsp3) is 0.133. The fourth-order valence-corrected chi connectivity index (χ4v) is 4.72. The molecule has 3 aromatic carbocycles. The van der Waals surface area contributed by atoms with E-state index in [0.29, 0.717) is 34.5 Å². The zero-order chi connectivity index (χ0) is 27.4. The summed E-state index contributed by atoms with van der Waals surface area (Å²) < 4.78 is 0. The molecular weight excluding hydrogens is 514 g/mol. The van der Waals surface area contributed by atoms with Crippen LogP contribution in [0.1, 0.15) is 32.7 Å². The summed E-state index contributed by atoms with van der Waals surface area (Å²) in [6.45, 7) is 1.57. The maximum absolute atomic E-state index is 13.1. The number of para-hydroxylation sites is 1. The van der Waals surface area contributed by atoms with E-state index in [9.17, 15) is 20.0 Å². The van der Waals surface area contributed by atoms with Crippen molar-refractivity contribution in [2.75, 3.05) is 18.4 Å². The minimum Gasteiger partial charge on any atom is -0.507 e. The summed E-state index contributed by atoms with van der Waals surface area (Å²) in [5, 5.41) is 29.9. The third-order valence-electron chi connectivity index (χ3n) is 6.49. The molecule has 1 fully saturated rings. The van der Waals surface area contributed by atoms with Crippen LogP contribution in [0.4, 0.5) is 5.82 Å². The van der Waals surface area contributed by atoms with Crippen molar-refractivity contribution in [2.24, 2.45) is 0 Å². The Kier molecular flexibility index (Phi) is 7.55. The van der Waals surface area contributed by atoms with Gasteiger partial charge in [0.15, 0.2) is 5.82 Å². The quantitative estimate of drug-likeness (QED) is 0.274. The van der Waals surface area contributed by atoms with Crippen LogP contribution in [0.25, 0.3) is 22.4 Å². The van der Waals surface area contributed by atoms with Gasteiger partial charge in [0.05, 0.1) is 16.3 Å². The summed E-state index contributed by atoms with van der Waals surface area (Å²) in [7, 11) is 0. The highest BCUT2D eigenvalue weighted by Gasteiger charge is 2.22. The molecule has 1 unspecified atom stereocenters. The molecule has 9 heteroatoms. The Balaban J connectivity index is 1.61. The lowest BCUT2D eigenvalue weighted by Gasteiger charge is -2.15. The van der Waals surface area contributed by atoms with Crippen LogP contribution in [0.5, 0.6) is 5.75 Å². The van der Waals surface area contributed by atoms with Crippen molar-refractivity contribution in [1.82, 2.24) is 15.6 Å². The molecule has 0 radical (unpaired) electrons. The number of aromatic nitrogens is 1. The molecule has 8 nitrogen and oxygen atoms in total. The van der Waals surface area contributed by atoms with Crippen LogP contribution in [-0.4, -0.2) is 41.0 Å². The second kappa shape index (κ2) is 11.4. The van der Waals surface area contributed by atoms with E-state index in [4.69, 9.17) is 11.6 Å². The van der Waals surface area contributed by atoms with Crippen LogP contribution in [0.2, 0.25) is 5.02 Å². The summed E-state index contributed by atoms with van der Waals surface area (Å²) >= 11 is 6.22. The van der Waals surface area contributed by atoms with Gasteiger partial charge in [-0.3, -0.25) is 9.59 Å². The number of anilines is 1. The van der Waals surface area contributed by atoms with Crippen molar-refractivity contribution in [3.05, 3.63) is 101 Å². The second-order valence-electron chi connectivity index (χ2n) is 9.09. The highest BCUT2D eigenvalue weighted by molar-refractivity contribution is 6.34. The number of nitrogens with zero attached hydrogens (tertiary/aromatic N) is 2. The smallest absolute Gasteiger partial charge is 0.258 e. The Morgan fingerprint density at radius 2 is 1.79 bits per heavy atom. The number of aromatic hydroxyl groups is 1. The van der Waals surface area contributed by atoms with Gasteiger partial charge >= 0.3 is 0 Å². The molecule has 2 amide bonds. The number of phenols is 1. The van der Waals surface area contributed by atoms with Crippen LogP contribution in [0, 0.1) is 11.3 Å². The number of carbonyl (C=O) groups excluding carboxylic acids is 2. The van der Waals surface area contributed by atoms with E-state index >= 15 is 0 Å². The normalized spacial score (nSPS) is 14.4. The van der Waals surface area contributed by atoms with E-state index in [1.807, 2.05) is 0 Å². The van der Waals surface area contributed by atoms with E-state index in [0.717, 1.165) is 13.0 Å². The van der Waals surface area contributed by atoms with Crippen molar-refractivity contribution < 1.29 is 14.7 Å². The first-order valence-corrected chi connectivity index (χ1v) is 12.7. The lowest BCUT2D eigenvalue weighted by molar-refractivity contribution is 0.0939. The maximum atomic E-state index is 13.1. The number of rotatable bonds is 6. The molecule has 1 saturated heterocycles. The molecule has 39 heavy (non-hydrogen) atoms. The van der Waals surface area contributed by atoms with Crippen molar-refractivity contribution in [2.45, 2.75) is 12.5 Å². The Morgan fingerprint density at radius 3 is 2.54 bits per heavy atom. The predicted octanol–water partition coefficient (Wildman–Crippen LogP) is 4.99. The highest BCUT2D eigenvalue weighted by Crippen LogP contribution is 2.36. The molecule has 1 atom stereocenters. The number of nitrogens with one attached hydrogen (secondary N) is 3. The molecule has 0 spiro atoms. The van der Waals surface area contributed by atoms with Gasteiger partial charge in [-0.2, -0.15) is 5.26 Å². The first-order chi connectivity index (χ1) is 18.9. The number of halogens is 1. The molecule has 4 N–H and O–H groups in total. The van der Waals surface area contributed by atoms with Crippen LogP contribution in [-0.2, 0) is 0 Å². The molecule has 1 aromatic heterocycles. The van der Waals surface area contributed by atoms with Crippen LogP contribution in [0.15, 0.2) is 78.9 Å². The van der Waals surface area contributed by atoms with E-state index in [1.54, 1.807) is 72.8 Å². The van der Waals surface area contributed by atoms with Crippen LogP contribution >= 0.6 is 11.6 Å². The van der Waals surface area contributed by atoms with E-state index in [1.165, 1.54) is 6.07 Å². The van der Waals surface area contributed by atoms with Gasteiger partial charge in [-0.15, -0.1) is 0 Å². The summed E-state index contributed by atoms with van der Waals surface area (Å²) in [5.74, 6) is -0.762. The molecule has 4 aromatic rings. The molecule has 1 aliphatic rings. The zero-order valence-electron chi connectivity index (χ0n) is 20.7. The highest BCUT2D eigenvalue weighted by atomic mass is 35.5. The van der Waals surface area contributed by atoms with Crippen molar-refractivity contribution in [3.63, 3.8) is 0 Å². The number of hydrogen-bond acceptors (Lipinski definition) is 6. The average molecular weight is 538 g/mol. The number of amides is 2. The second-order valence-corrected chi connectivity index (χ2v) is 9.49.